The predicted molar refractivity (Wildman–Crippen MR) is 79.3 cm³/mol. The van der Waals surface area contributed by atoms with Crippen molar-refractivity contribution in [2.24, 2.45) is 0 Å². The van der Waals surface area contributed by atoms with E-state index in [0.29, 0.717) is 6.42 Å². The fraction of sp³-hybridized carbons (Fsp3) is 0.188. The van der Waals surface area contributed by atoms with Gasteiger partial charge >= 0.3 is 0 Å². The number of para-hydroxylation sites is 1. The number of nitrogens with zero attached hydrogens (tertiary/aromatic N) is 1. The van der Waals surface area contributed by atoms with E-state index < -0.39 is 0 Å². The Balaban J connectivity index is 1.78. The summed E-state index contributed by atoms with van der Waals surface area (Å²) in [5.74, 6) is -0.152. The Morgan fingerprint density at radius 2 is 2.05 bits per heavy atom. The number of aromatic nitrogens is 2. The Kier molecular flexibility index (Phi) is 3.37. The van der Waals surface area contributed by atoms with Crippen molar-refractivity contribution in [2.75, 3.05) is 5.32 Å². The van der Waals surface area contributed by atoms with Crippen molar-refractivity contribution >= 4 is 16.6 Å². The van der Waals surface area contributed by atoms with Gasteiger partial charge in [-0.05, 0) is 31.0 Å². The Bertz CT molecular complexity index is 720. The van der Waals surface area contributed by atoms with Crippen molar-refractivity contribution in [3.8, 4) is 0 Å². The maximum Gasteiger partial charge on any atom is 0.126 e. The molecular weight excluding hydrogens is 253 g/mol. The first-order valence-corrected chi connectivity index (χ1v) is 6.66. The summed E-state index contributed by atoms with van der Waals surface area (Å²) >= 11 is 0. The number of benzene rings is 2. The Morgan fingerprint density at radius 3 is 2.90 bits per heavy atom. The van der Waals surface area contributed by atoms with Gasteiger partial charge in [0.05, 0.1) is 17.4 Å². The van der Waals surface area contributed by atoms with E-state index in [1.807, 2.05) is 37.3 Å². The standard InChI is InChI=1S/C16H16FN3/c1-11(9-12-5-2-3-7-14(12)17)19-15-8-4-6-13-10-18-20-16(13)15/h2-8,10-11,19H,9H2,1H3,(H,18,20). The van der Waals surface area contributed by atoms with Crippen LogP contribution in [0.4, 0.5) is 10.1 Å². The second-order valence-corrected chi connectivity index (χ2v) is 4.98. The van der Waals surface area contributed by atoms with Crippen molar-refractivity contribution in [3.63, 3.8) is 0 Å². The minimum Gasteiger partial charge on any atom is -0.381 e. The zero-order valence-corrected chi connectivity index (χ0v) is 11.2. The monoisotopic (exact) mass is 269 g/mol. The molecule has 1 unspecified atom stereocenters. The van der Waals surface area contributed by atoms with Crippen LogP contribution < -0.4 is 5.32 Å². The number of anilines is 1. The number of rotatable bonds is 4. The van der Waals surface area contributed by atoms with Crippen molar-refractivity contribution in [1.29, 1.82) is 0 Å². The van der Waals surface area contributed by atoms with Crippen LogP contribution in [0.15, 0.2) is 48.7 Å². The molecule has 0 spiro atoms. The number of hydrogen-bond donors (Lipinski definition) is 2. The van der Waals surface area contributed by atoms with Crippen molar-refractivity contribution < 1.29 is 4.39 Å². The maximum atomic E-state index is 13.6. The number of H-pyrrole nitrogens is 1. The molecule has 0 fully saturated rings. The topological polar surface area (TPSA) is 40.7 Å². The summed E-state index contributed by atoms with van der Waals surface area (Å²) in [4.78, 5) is 0. The predicted octanol–water partition coefficient (Wildman–Crippen LogP) is 3.75. The molecule has 0 saturated carbocycles. The van der Waals surface area contributed by atoms with E-state index in [9.17, 15) is 4.39 Å². The number of aromatic amines is 1. The molecular formula is C16H16FN3. The highest BCUT2D eigenvalue weighted by Gasteiger charge is 2.09. The number of hydrogen-bond acceptors (Lipinski definition) is 2. The van der Waals surface area contributed by atoms with Gasteiger partial charge in [-0.25, -0.2) is 4.39 Å². The zero-order valence-electron chi connectivity index (χ0n) is 11.2. The molecule has 1 atom stereocenters. The molecule has 102 valence electrons. The van der Waals surface area contributed by atoms with Gasteiger partial charge in [-0.2, -0.15) is 5.10 Å². The summed E-state index contributed by atoms with van der Waals surface area (Å²) in [7, 11) is 0. The Morgan fingerprint density at radius 1 is 1.20 bits per heavy atom. The molecule has 1 heterocycles. The van der Waals surface area contributed by atoms with Gasteiger partial charge in [0.25, 0.3) is 0 Å². The fourth-order valence-electron chi connectivity index (χ4n) is 2.40. The first-order chi connectivity index (χ1) is 9.74. The van der Waals surface area contributed by atoms with Gasteiger partial charge in [-0.15, -0.1) is 0 Å². The quantitative estimate of drug-likeness (QED) is 0.757. The van der Waals surface area contributed by atoms with Crippen molar-refractivity contribution in [3.05, 3.63) is 60.0 Å². The largest absolute Gasteiger partial charge is 0.381 e. The minimum atomic E-state index is -0.152. The first kappa shape index (κ1) is 12.7. The molecule has 0 amide bonds. The SMILES string of the molecule is CC(Cc1ccccc1F)Nc1cccc2cn[nH]c12. The third kappa shape index (κ3) is 2.50. The van der Waals surface area contributed by atoms with Crippen LogP contribution in [0.25, 0.3) is 10.9 Å². The molecule has 2 N–H and O–H groups in total. The average molecular weight is 269 g/mol. The molecule has 0 aliphatic carbocycles. The summed E-state index contributed by atoms with van der Waals surface area (Å²) in [5.41, 5.74) is 2.70. The summed E-state index contributed by atoms with van der Waals surface area (Å²) < 4.78 is 13.6. The van der Waals surface area contributed by atoms with Gasteiger partial charge in [-0.1, -0.05) is 30.3 Å². The lowest BCUT2D eigenvalue weighted by Gasteiger charge is -2.16. The van der Waals surface area contributed by atoms with E-state index in [2.05, 4.69) is 15.5 Å². The van der Waals surface area contributed by atoms with Gasteiger partial charge in [-0.3, -0.25) is 5.10 Å². The van der Waals surface area contributed by atoms with Crippen LogP contribution in [0.3, 0.4) is 0 Å². The fourth-order valence-corrected chi connectivity index (χ4v) is 2.40. The van der Waals surface area contributed by atoms with E-state index in [-0.39, 0.29) is 11.9 Å². The van der Waals surface area contributed by atoms with Gasteiger partial charge < -0.3 is 5.32 Å². The highest BCUT2D eigenvalue weighted by Crippen LogP contribution is 2.22. The summed E-state index contributed by atoms with van der Waals surface area (Å²) in [6.45, 7) is 2.04. The van der Waals surface area contributed by atoms with E-state index >= 15 is 0 Å². The van der Waals surface area contributed by atoms with E-state index in [0.717, 1.165) is 22.2 Å². The molecule has 3 rings (SSSR count). The second-order valence-electron chi connectivity index (χ2n) is 4.98. The van der Waals surface area contributed by atoms with Crippen LogP contribution in [0.1, 0.15) is 12.5 Å². The maximum absolute atomic E-state index is 13.6. The molecule has 0 saturated heterocycles. The average Bonchev–Trinajstić information content (AvgIpc) is 2.91. The van der Waals surface area contributed by atoms with Crippen molar-refractivity contribution in [2.45, 2.75) is 19.4 Å². The summed E-state index contributed by atoms with van der Waals surface area (Å²) in [6.07, 6.45) is 2.43. The first-order valence-electron chi connectivity index (χ1n) is 6.66. The van der Waals surface area contributed by atoms with Gasteiger partial charge in [0.15, 0.2) is 0 Å². The molecule has 0 aliphatic rings. The number of fused-ring (bicyclic) bond motifs is 1. The molecule has 4 heteroatoms. The van der Waals surface area contributed by atoms with Gasteiger partial charge in [0, 0.05) is 11.4 Å². The van der Waals surface area contributed by atoms with Gasteiger partial charge in [0.1, 0.15) is 5.82 Å². The Hall–Kier alpha value is -2.36. The molecule has 20 heavy (non-hydrogen) atoms. The minimum absolute atomic E-state index is 0.126. The number of nitrogens with one attached hydrogen (secondary N) is 2. The second kappa shape index (κ2) is 5.33. The highest BCUT2D eigenvalue weighted by atomic mass is 19.1. The lowest BCUT2D eigenvalue weighted by Crippen LogP contribution is -2.18. The lowest BCUT2D eigenvalue weighted by atomic mass is 10.1. The molecule has 2 aromatic carbocycles. The normalized spacial score (nSPS) is 12.5. The third-order valence-electron chi connectivity index (χ3n) is 3.36. The van der Waals surface area contributed by atoms with Crippen LogP contribution in [0.5, 0.6) is 0 Å². The van der Waals surface area contributed by atoms with Crippen molar-refractivity contribution in [1.82, 2.24) is 10.2 Å². The van der Waals surface area contributed by atoms with E-state index in [1.54, 1.807) is 12.3 Å². The Labute approximate surface area is 116 Å². The van der Waals surface area contributed by atoms with E-state index in [1.165, 1.54) is 6.07 Å². The molecule has 3 nitrogen and oxygen atoms in total. The molecule has 3 aromatic rings. The molecule has 0 radical (unpaired) electrons. The molecule has 1 aromatic heterocycles. The third-order valence-corrected chi connectivity index (χ3v) is 3.36. The van der Waals surface area contributed by atoms with Crippen LogP contribution in [-0.2, 0) is 6.42 Å². The van der Waals surface area contributed by atoms with Crippen LogP contribution in [0, 0.1) is 5.82 Å². The zero-order chi connectivity index (χ0) is 13.9. The smallest absolute Gasteiger partial charge is 0.126 e. The molecule has 0 bridgehead atoms. The molecule has 0 aliphatic heterocycles. The van der Waals surface area contributed by atoms with Gasteiger partial charge in [0.2, 0.25) is 0 Å². The lowest BCUT2D eigenvalue weighted by molar-refractivity contribution is 0.601. The van der Waals surface area contributed by atoms with Crippen LogP contribution in [-0.4, -0.2) is 16.2 Å². The summed E-state index contributed by atoms with van der Waals surface area (Å²) in [6, 6.07) is 13.0. The number of halogens is 1. The van der Waals surface area contributed by atoms with Crippen LogP contribution >= 0.6 is 0 Å². The highest BCUT2D eigenvalue weighted by molar-refractivity contribution is 5.89. The van der Waals surface area contributed by atoms with Crippen LogP contribution in [0.2, 0.25) is 0 Å². The van der Waals surface area contributed by atoms with E-state index in [4.69, 9.17) is 0 Å². The summed E-state index contributed by atoms with van der Waals surface area (Å²) in [5, 5.41) is 11.5.